The Kier molecular flexibility index (Phi) is 4.15. The summed E-state index contributed by atoms with van der Waals surface area (Å²) in [7, 11) is 0. The minimum atomic E-state index is -0.379. The van der Waals surface area contributed by atoms with Gasteiger partial charge in [0.25, 0.3) is 0 Å². The molecule has 3 fully saturated rings. The number of rotatable bonds is 5. The topological polar surface area (TPSA) is 91.5 Å². The quantitative estimate of drug-likeness (QED) is 0.676. The molecule has 1 aromatic carbocycles. The van der Waals surface area contributed by atoms with E-state index in [1.165, 1.54) is 11.1 Å². The molecule has 1 saturated carbocycles. The van der Waals surface area contributed by atoms with Crippen LogP contribution in [0.1, 0.15) is 48.4 Å². The van der Waals surface area contributed by atoms with Crippen molar-refractivity contribution in [2.75, 3.05) is 19.8 Å². The van der Waals surface area contributed by atoms with Crippen LogP contribution in [0.3, 0.4) is 0 Å². The van der Waals surface area contributed by atoms with Gasteiger partial charge in [-0.2, -0.15) is 0 Å². The van der Waals surface area contributed by atoms with Crippen LogP contribution in [0.4, 0.5) is 0 Å². The lowest BCUT2D eigenvalue weighted by molar-refractivity contribution is -0.0573. The van der Waals surface area contributed by atoms with Gasteiger partial charge in [-0.15, -0.1) is 5.10 Å². The van der Waals surface area contributed by atoms with Crippen molar-refractivity contribution in [3.05, 3.63) is 46.9 Å². The Morgan fingerprint density at radius 3 is 2.97 bits per heavy atom. The van der Waals surface area contributed by atoms with Crippen molar-refractivity contribution in [1.29, 1.82) is 0 Å². The summed E-state index contributed by atoms with van der Waals surface area (Å²) in [5, 5.41) is 19.4. The van der Waals surface area contributed by atoms with Crippen LogP contribution < -0.4 is 4.74 Å². The van der Waals surface area contributed by atoms with E-state index in [0.29, 0.717) is 13.2 Å². The van der Waals surface area contributed by atoms with Crippen molar-refractivity contribution in [2.24, 2.45) is 0 Å². The number of aliphatic hydroxyl groups excluding tert-OH is 1. The molecular formula is C23H26N4O4. The molecule has 0 amide bonds. The molecule has 31 heavy (non-hydrogen) atoms. The van der Waals surface area contributed by atoms with Crippen molar-refractivity contribution in [2.45, 2.75) is 57.0 Å². The summed E-state index contributed by atoms with van der Waals surface area (Å²) in [5.41, 5.74) is 4.76. The Hall–Kier alpha value is -2.55. The third kappa shape index (κ3) is 2.89. The predicted molar refractivity (Wildman–Crippen MR) is 112 cm³/mol. The van der Waals surface area contributed by atoms with E-state index in [0.717, 1.165) is 53.9 Å². The van der Waals surface area contributed by atoms with Gasteiger partial charge in [-0.1, -0.05) is 5.21 Å². The standard InChI is InChI=1S/C23H26N4O4/c1-14-19-9-29-6-5-17(19)18-7-16(3-4-20(18)24-14)31-15(2)21-8-27(26-25-21)22-10-23(11-22,12-28)30-13-22/h3-4,7-8,15,28H,5-6,9-13H2,1-2H3/t15-,22?,23?/m1/s1. The molecule has 0 unspecified atom stereocenters. The van der Waals surface area contributed by atoms with Gasteiger partial charge in [0.2, 0.25) is 0 Å². The molecule has 1 N–H and O–H groups in total. The highest BCUT2D eigenvalue weighted by Crippen LogP contribution is 2.55. The number of ether oxygens (including phenoxy) is 3. The molecule has 4 aliphatic rings. The lowest BCUT2D eigenvalue weighted by Gasteiger charge is -2.42. The molecule has 7 rings (SSSR count). The maximum atomic E-state index is 9.54. The van der Waals surface area contributed by atoms with Gasteiger partial charge in [-0.05, 0) is 44.0 Å². The minimum Gasteiger partial charge on any atom is -0.484 e. The highest BCUT2D eigenvalue weighted by atomic mass is 16.5. The molecule has 162 valence electrons. The second-order valence-corrected chi connectivity index (χ2v) is 9.19. The molecule has 2 saturated heterocycles. The van der Waals surface area contributed by atoms with Gasteiger partial charge < -0.3 is 19.3 Å². The molecule has 5 heterocycles. The lowest BCUT2D eigenvalue weighted by Crippen LogP contribution is -2.52. The van der Waals surface area contributed by atoms with E-state index in [-0.39, 0.29) is 23.9 Å². The number of aliphatic hydroxyl groups is 1. The molecule has 2 bridgehead atoms. The number of benzene rings is 1. The molecule has 3 aliphatic heterocycles. The molecule has 2 aromatic heterocycles. The van der Waals surface area contributed by atoms with Crippen LogP contribution in [0.15, 0.2) is 24.4 Å². The first kappa shape index (κ1) is 19.2. The molecule has 1 atom stereocenters. The largest absolute Gasteiger partial charge is 0.484 e. The summed E-state index contributed by atoms with van der Waals surface area (Å²) in [6.45, 7) is 6.01. The fourth-order valence-electron chi connectivity index (χ4n) is 5.37. The molecule has 1 aliphatic carbocycles. The van der Waals surface area contributed by atoms with Gasteiger partial charge >= 0.3 is 0 Å². The molecule has 0 spiro atoms. The van der Waals surface area contributed by atoms with E-state index in [9.17, 15) is 5.11 Å². The molecule has 3 aromatic rings. The first-order valence-corrected chi connectivity index (χ1v) is 10.8. The molecule has 0 radical (unpaired) electrons. The fourth-order valence-corrected chi connectivity index (χ4v) is 5.37. The molecular weight excluding hydrogens is 396 g/mol. The van der Waals surface area contributed by atoms with E-state index in [1.807, 2.05) is 36.9 Å². The maximum absolute atomic E-state index is 9.54. The first-order chi connectivity index (χ1) is 15.0. The van der Waals surface area contributed by atoms with Crippen molar-refractivity contribution in [1.82, 2.24) is 20.0 Å². The number of pyridine rings is 1. The third-order valence-electron chi connectivity index (χ3n) is 7.09. The maximum Gasteiger partial charge on any atom is 0.141 e. The number of hydrogen-bond acceptors (Lipinski definition) is 7. The Bertz CT molecular complexity index is 1170. The number of hydrogen-bond donors (Lipinski definition) is 1. The lowest BCUT2D eigenvalue weighted by atomic mass is 9.69. The number of nitrogens with zero attached hydrogens (tertiary/aromatic N) is 4. The smallest absolute Gasteiger partial charge is 0.141 e. The number of fused-ring (bicyclic) bond motifs is 4. The van der Waals surface area contributed by atoms with Crippen LogP contribution in [-0.2, 0) is 28.0 Å². The number of aryl methyl sites for hydroxylation is 1. The summed E-state index contributed by atoms with van der Waals surface area (Å²) in [4.78, 5) is 4.75. The van der Waals surface area contributed by atoms with Gasteiger partial charge in [0.1, 0.15) is 17.5 Å². The van der Waals surface area contributed by atoms with Crippen molar-refractivity contribution in [3.8, 4) is 5.75 Å². The minimum absolute atomic E-state index is 0.0575. The SMILES string of the molecule is Cc1nc2ccc(O[C@H](C)c3cn(C45COC(CO)(C4)C5)nn3)cc2c2c1COCC2. The van der Waals surface area contributed by atoms with Crippen LogP contribution in [-0.4, -0.2) is 50.5 Å². The van der Waals surface area contributed by atoms with E-state index in [1.54, 1.807) is 0 Å². The monoisotopic (exact) mass is 422 g/mol. The summed E-state index contributed by atoms with van der Waals surface area (Å²) in [5.74, 6) is 0.791. The second-order valence-electron chi connectivity index (χ2n) is 9.19. The third-order valence-corrected chi connectivity index (χ3v) is 7.09. The van der Waals surface area contributed by atoms with E-state index in [4.69, 9.17) is 19.2 Å². The predicted octanol–water partition coefficient (Wildman–Crippen LogP) is 2.60. The van der Waals surface area contributed by atoms with Gasteiger partial charge in [0.05, 0.1) is 49.3 Å². The van der Waals surface area contributed by atoms with Crippen molar-refractivity contribution in [3.63, 3.8) is 0 Å². The van der Waals surface area contributed by atoms with E-state index >= 15 is 0 Å². The second kappa shape index (κ2) is 6.72. The first-order valence-electron chi connectivity index (χ1n) is 10.8. The zero-order valence-electron chi connectivity index (χ0n) is 17.8. The average Bonchev–Trinajstić information content (AvgIpc) is 3.48. The number of aromatic nitrogens is 4. The van der Waals surface area contributed by atoms with Gasteiger partial charge in [-0.3, -0.25) is 4.98 Å². The summed E-state index contributed by atoms with van der Waals surface area (Å²) in [6, 6.07) is 6.07. The van der Waals surface area contributed by atoms with Crippen LogP contribution in [0.5, 0.6) is 5.75 Å². The van der Waals surface area contributed by atoms with Crippen molar-refractivity contribution < 1.29 is 19.3 Å². The average molecular weight is 422 g/mol. The highest BCUT2D eigenvalue weighted by Gasteiger charge is 2.64. The summed E-state index contributed by atoms with van der Waals surface area (Å²) < 4.78 is 19.6. The highest BCUT2D eigenvalue weighted by molar-refractivity contribution is 5.85. The Labute approximate surface area is 180 Å². The van der Waals surface area contributed by atoms with Crippen LogP contribution in [0.2, 0.25) is 0 Å². The van der Waals surface area contributed by atoms with Crippen molar-refractivity contribution >= 4 is 10.9 Å². The van der Waals surface area contributed by atoms with Crippen LogP contribution in [0, 0.1) is 6.92 Å². The summed E-state index contributed by atoms with van der Waals surface area (Å²) >= 11 is 0. The summed E-state index contributed by atoms with van der Waals surface area (Å²) in [6.07, 6.45) is 4.15. The fraction of sp³-hybridized carbons (Fsp3) is 0.522. The zero-order valence-corrected chi connectivity index (χ0v) is 17.8. The molecule has 8 nitrogen and oxygen atoms in total. The molecule has 8 heteroatoms. The normalized spacial score (nSPS) is 27.7. The van der Waals surface area contributed by atoms with E-state index < -0.39 is 0 Å². The van der Waals surface area contributed by atoms with Gasteiger partial charge in [-0.25, -0.2) is 4.68 Å². The van der Waals surface area contributed by atoms with E-state index in [2.05, 4.69) is 16.4 Å². The Balaban J connectivity index is 1.24. The Morgan fingerprint density at radius 1 is 1.29 bits per heavy atom. The zero-order chi connectivity index (χ0) is 21.2. The van der Waals surface area contributed by atoms with Gasteiger partial charge in [0, 0.05) is 29.5 Å². The van der Waals surface area contributed by atoms with Crippen LogP contribution >= 0.6 is 0 Å². The van der Waals surface area contributed by atoms with Crippen LogP contribution in [0.25, 0.3) is 10.9 Å². The Morgan fingerprint density at radius 2 is 2.16 bits per heavy atom. The van der Waals surface area contributed by atoms with Gasteiger partial charge in [0.15, 0.2) is 0 Å².